The Balaban J connectivity index is 2.06. The van der Waals surface area contributed by atoms with E-state index in [1.807, 2.05) is 19.1 Å². The number of hydrogen-bond donors (Lipinski definition) is 0. The summed E-state index contributed by atoms with van der Waals surface area (Å²) in [5.41, 5.74) is 2.06. The molecule has 0 aromatic carbocycles. The van der Waals surface area contributed by atoms with E-state index in [2.05, 4.69) is 15.0 Å². The van der Waals surface area contributed by atoms with Crippen molar-refractivity contribution in [1.29, 1.82) is 0 Å². The van der Waals surface area contributed by atoms with Gasteiger partial charge in [-0.2, -0.15) is 0 Å². The molecular formula is C14H13N3O. The summed E-state index contributed by atoms with van der Waals surface area (Å²) in [5, 5.41) is 0.921. The Hall–Kier alpha value is -2.10. The fraction of sp³-hybridized carbons (Fsp3) is 0.286. The van der Waals surface area contributed by atoms with Crippen LogP contribution in [0.25, 0.3) is 10.9 Å². The molecule has 0 bridgehead atoms. The highest BCUT2D eigenvalue weighted by Gasteiger charge is 2.23. The maximum absolute atomic E-state index is 11.5. The lowest BCUT2D eigenvalue weighted by molar-refractivity contribution is -0.118. The average molecular weight is 239 g/mol. The largest absolute Gasteiger partial charge is 0.299 e. The van der Waals surface area contributed by atoms with Gasteiger partial charge in [0, 0.05) is 42.7 Å². The van der Waals surface area contributed by atoms with Crippen LogP contribution in [0.5, 0.6) is 0 Å². The van der Waals surface area contributed by atoms with Gasteiger partial charge < -0.3 is 0 Å². The first kappa shape index (κ1) is 11.0. The van der Waals surface area contributed by atoms with E-state index < -0.39 is 0 Å². The second-order valence-corrected chi connectivity index (χ2v) is 4.61. The quantitative estimate of drug-likeness (QED) is 0.717. The number of carbonyl (C=O) groups excluding carboxylic acids is 1. The van der Waals surface area contributed by atoms with E-state index in [0.717, 1.165) is 16.7 Å². The summed E-state index contributed by atoms with van der Waals surface area (Å²) in [5.74, 6) is 1.02. The molecule has 0 N–H and O–H groups in total. The van der Waals surface area contributed by atoms with Crippen LogP contribution in [0.3, 0.4) is 0 Å². The molecule has 18 heavy (non-hydrogen) atoms. The molecule has 1 aliphatic carbocycles. The van der Waals surface area contributed by atoms with Crippen molar-refractivity contribution < 1.29 is 4.79 Å². The van der Waals surface area contributed by atoms with Crippen LogP contribution in [-0.4, -0.2) is 20.7 Å². The van der Waals surface area contributed by atoms with E-state index in [4.69, 9.17) is 0 Å². The summed E-state index contributed by atoms with van der Waals surface area (Å²) >= 11 is 0. The molecule has 90 valence electrons. The molecule has 0 saturated heterocycles. The average Bonchev–Trinajstić information content (AvgIpc) is 2.41. The van der Waals surface area contributed by atoms with E-state index in [1.54, 1.807) is 18.6 Å². The molecular weight excluding hydrogens is 226 g/mol. The first-order valence-corrected chi connectivity index (χ1v) is 5.99. The summed E-state index contributed by atoms with van der Waals surface area (Å²) in [7, 11) is 0. The van der Waals surface area contributed by atoms with E-state index >= 15 is 0 Å². The van der Waals surface area contributed by atoms with Gasteiger partial charge in [-0.15, -0.1) is 0 Å². The topological polar surface area (TPSA) is 55.7 Å². The zero-order valence-electron chi connectivity index (χ0n) is 10.1. The van der Waals surface area contributed by atoms with Crippen LogP contribution in [-0.2, 0) is 4.79 Å². The van der Waals surface area contributed by atoms with Crippen LogP contribution in [0.1, 0.15) is 31.5 Å². The monoisotopic (exact) mass is 239 g/mol. The van der Waals surface area contributed by atoms with Crippen LogP contribution in [0.2, 0.25) is 0 Å². The third-order valence-corrected chi connectivity index (χ3v) is 3.34. The van der Waals surface area contributed by atoms with E-state index in [9.17, 15) is 4.79 Å². The fourth-order valence-electron chi connectivity index (χ4n) is 2.24. The van der Waals surface area contributed by atoms with Crippen LogP contribution < -0.4 is 0 Å². The van der Waals surface area contributed by atoms with Crippen molar-refractivity contribution >= 4 is 16.7 Å². The maximum Gasteiger partial charge on any atom is 0.137 e. The second-order valence-electron chi connectivity index (χ2n) is 4.61. The van der Waals surface area contributed by atoms with Crippen LogP contribution in [0.4, 0.5) is 0 Å². The van der Waals surface area contributed by atoms with Gasteiger partial charge in [-0.05, 0) is 13.0 Å². The van der Waals surface area contributed by atoms with Gasteiger partial charge in [0.15, 0.2) is 0 Å². The number of allylic oxidation sites excluding steroid dienone is 2. The van der Waals surface area contributed by atoms with E-state index in [-0.39, 0.29) is 11.7 Å². The van der Waals surface area contributed by atoms with Crippen molar-refractivity contribution in [3.05, 3.63) is 42.1 Å². The highest BCUT2D eigenvalue weighted by molar-refractivity contribution is 5.83. The molecule has 0 spiro atoms. The van der Waals surface area contributed by atoms with Crippen molar-refractivity contribution in [2.75, 3.05) is 0 Å². The zero-order valence-corrected chi connectivity index (χ0v) is 10.1. The lowest BCUT2D eigenvalue weighted by Crippen LogP contribution is -2.15. The predicted molar refractivity (Wildman–Crippen MR) is 68.1 cm³/mol. The van der Waals surface area contributed by atoms with Crippen molar-refractivity contribution in [3.63, 3.8) is 0 Å². The number of rotatable bonds is 1. The highest BCUT2D eigenvalue weighted by Crippen LogP contribution is 2.30. The Bertz CT molecular complexity index is 648. The first-order valence-electron chi connectivity index (χ1n) is 5.99. The number of aromatic nitrogens is 3. The Morgan fingerprint density at radius 3 is 3.11 bits per heavy atom. The van der Waals surface area contributed by atoms with Crippen molar-refractivity contribution in [1.82, 2.24) is 15.0 Å². The van der Waals surface area contributed by atoms with Gasteiger partial charge in [-0.25, -0.2) is 9.97 Å². The molecule has 0 radical (unpaired) electrons. The summed E-state index contributed by atoms with van der Waals surface area (Å²) in [6, 6.07) is 1.87. The number of ketones is 1. The van der Waals surface area contributed by atoms with Gasteiger partial charge in [-0.3, -0.25) is 9.78 Å². The normalized spacial score (nSPS) is 19.9. The molecule has 3 rings (SSSR count). The lowest BCUT2D eigenvalue weighted by atomic mass is 9.87. The second kappa shape index (κ2) is 4.29. The molecule has 1 unspecified atom stereocenters. The van der Waals surface area contributed by atoms with E-state index in [0.29, 0.717) is 12.8 Å². The number of pyridine rings is 1. The van der Waals surface area contributed by atoms with Crippen molar-refractivity contribution in [2.24, 2.45) is 0 Å². The molecule has 2 heterocycles. The minimum Gasteiger partial charge on any atom is -0.299 e. The third-order valence-electron chi connectivity index (χ3n) is 3.34. The molecule has 2 aromatic rings. The number of fused-ring (bicyclic) bond motifs is 1. The van der Waals surface area contributed by atoms with Gasteiger partial charge in [0.2, 0.25) is 0 Å². The number of hydrogen-bond acceptors (Lipinski definition) is 4. The van der Waals surface area contributed by atoms with E-state index in [1.165, 1.54) is 5.57 Å². The summed E-state index contributed by atoms with van der Waals surface area (Å²) in [4.78, 5) is 24.5. The number of carbonyl (C=O) groups is 1. The highest BCUT2D eigenvalue weighted by atomic mass is 16.1. The fourth-order valence-corrected chi connectivity index (χ4v) is 2.24. The van der Waals surface area contributed by atoms with Crippen LogP contribution in [0.15, 0.2) is 36.3 Å². The summed E-state index contributed by atoms with van der Waals surface area (Å²) in [6.07, 6.45) is 8.27. The Morgan fingerprint density at radius 2 is 2.22 bits per heavy atom. The molecule has 4 nitrogen and oxygen atoms in total. The van der Waals surface area contributed by atoms with Gasteiger partial charge in [-0.1, -0.05) is 11.6 Å². The van der Waals surface area contributed by atoms with Crippen LogP contribution in [0, 0.1) is 0 Å². The zero-order chi connectivity index (χ0) is 12.5. The molecule has 0 saturated carbocycles. The van der Waals surface area contributed by atoms with Crippen molar-refractivity contribution in [2.45, 2.75) is 25.7 Å². The molecule has 1 aliphatic rings. The number of Topliss-reactive ketones (excluding diaryl/α,β-unsaturated/α-hetero) is 1. The van der Waals surface area contributed by atoms with Gasteiger partial charge >= 0.3 is 0 Å². The van der Waals surface area contributed by atoms with Crippen LogP contribution >= 0.6 is 0 Å². The van der Waals surface area contributed by atoms with Crippen molar-refractivity contribution in [3.8, 4) is 0 Å². The van der Waals surface area contributed by atoms with Gasteiger partial charge in [0.25, 0.3) is 0 Å². The maximum atomic E-state index is 11.5. The molecule has 0 aliphatic heterocycles. The minimum absolute atomic E-state index is 0.0313. The lowest BCUT2D eigenvalue weighted by Gasteiger charge is -2.19. The predicted octanol–water partition coefficient (Wildman–Crippen LogP) is 2.42. The Labute approximate surface area is 105 Å². The minimum atomic E-state index is 0.0313. The van der Waals surface area contributed by atoms with Gasteiger partial charge in [0.1, 0.15) is 11.6 Å². The molecule has 4 heteroatoms. The van der Waals surface area contributed by atoms with Gasteiger partial charge in [0.05, 0.1) is 5.52 Å². The molecule has 0 fully saturated rings. The smallest absolute Gasteiger partial charge is 0.137 e. The summed E-state index contributed by atoms with van der Waals surface area (Å²) < 4.78 is 0. The first-order chi connectivity index (χ1) is 8.74. The Kier molecular flexibility index (Phi) is 2.63. The molecule has 2 aromatic heterocycles. The number of nitrogens with zero attached hydrogens (tertiary/aromatic N) is 3. The summed E-state index contributed by atoms with van der Waals surface area (Å²) in [6.45, 7) is 2.04. The molecule has 1 atom stereocenters. The standard InChI is InChI=1S/C14H13N3O/c1-9-2-3-11(18)6-12(9)14-16-8-10-7-15-5-4-13(10)17-14/h2,4-5,7-8,12H,3,6H2,1H3. The molecule has 0 amide bonds. The third kappa shape index (κ3) is 1.90. The Morgan fingerprint density at radius 1 is 1.33 bits per heavy atom. The SMILES string of the molecule is CC1=CCC(=O)CC1c1ncc2cnccc2n1.